The van der Waals surface area contributed by atoms with Crippen LogP contribution in [0.2, 0.25) is 10.0 Å². The van der Waals surface area contributed by atoms with Crippen LogP contribution in [0.1, 0.15) is 15.9 Å². The molecule has 0 aliphatic rings. The lowest BCUT2D eigenvalue weighted by Crippen LogP contribution is -2.23. The van der Waals surface area contributed by atoms with Gasteiger partial charge in [-0.1, -0.05) is 47.2 Å². The van der Waals surface area contributed by atoms with Crippen LogP contribution in [0, 0.1) is 17.7 Å². The number of hydrogen-bond donors (Lipinski definition) is 1. The smallest absolute Gasteiger partial charge is 0.253 e. The molecule has 0 heterocycles. The number of benzene rings is 2. The number of halogens is 3. The minimum absolute atomic E-state index is 0.0616. The molecule has 21 heavy (non-hydrogen) atoms. The van der Waals surface area contributed by atoms with Gasteiger partial charge in [-0.15, -0.1) is 0 Å². The molecule has 0 aromatic heterocycles. The van der Waals surface area contributed by atoms with E-state index in [1.165, 1.54) is 12.1 Å². The van der Waals surface area contributed by atoms with Crippen molar-refractivity contribution < 1.29 is 9.18 Å². The molecule has 0 radical (unpaired) electrons. The Morgan fingerprint density at radius 2 is 1.90 bits per heavy atom. The molecule has 1 amide bonds. The predicted octanol–water partition coefficient (Wildman–Crippen LogP) is 3.91. The van der Waals surface area contributed by atoms with Gasteiger partial charge in [0.1, 0.15) is 5.82 Å². The SMILES string of the molecule is O=C(NCC#Cc1ccccc1Cl)c1ccc(F)cc1Cl. The van der Waals surface area contributed by atoms with Crippen LogP contribution in [-0.4, -0.2) is 12.5 Å². The molecule has 0 atom stereocenters. The summed E-state index contributed by atoms with van der Waals surface area (Å²) in [6, 6.07) is 10.8. The maximum Gasteiger partial charge on any atom is 0.253 e. The van der Waals surface area contributed by atoms with Crippen molar-refractivity contribution in [3.8, 4) is 11.8 Å². The van der Waals surface area contributed by atoms with Gasteiger partial charge in [-0.25, -0.2) is 4.39 Å². The second kappa shape index (κ2) is 7.12. The van der Waals surface area contributed by atoms with Crippen molar-refractivity contribution in [2.45, 2.75) is 0 Å². The van der Waals surface area contributed by atoms with Gasteiger partial charge in [-0.2, -0.15) is 0 Å². The lowest BCUT2D eigenvalue weighted by molar-refractivity contribution is 0.0959. The van der Waals surface area contributed by atoms with E-state index in [0.29, 0.717) is 10.6 Å². The molecule has 0 aliphatic heterocycles. The molecule has 2 nitrogen and oxygen atoms in total. The lowest BCUT2D eigenvalue weighted by atomic mass is 10.2. The zero-order valence-electron chi connectivity index (χ0n) is 10.8. The Labute approximate surface area is 131 Å². The molecule has 0 bridgehead atoms. The van der Waals surface area contributed by atoms with E-state index in [0.717, 1.165) is 6.07 Å². The van der Waals surface area contributed by atoms with Crippen LogP contribution in [0.25, 0.3) is 0 Å². The average molecular weight is 322 g/mol. The number of hydrogen-bond acceptors (Lipinski definition) is 1. The molecule has 0 aliphatic carbocycles. The van der Waals surface area contributed by atoms with Crippen LogP contribution in [0.5, 0.6) is 0 Å². The molecule has 5 heteroatoms. The molecule has 0 unspecified atom stereocenters. The van der Waals surface area contributed by atoms with Crippen molar-refractivity contribution in [3.63, 3.8) is 0 Å². The maximum atomic E-state index is 12.9. The minimum Gasteiger partial charge on any atom is -0.341 e. The number of carbonyl (C=O) groups excluding carboxylic acids is 1. The normalized spacial score (nSPS) is 9.67. The first kappa shape index (κ1) is 15.4. The van der Waals surface area contributed by atoms with Crippen molar-refractivity contribution in [3.05, 3.63) is 69.5 Å². The molecule has 1 N–H and O–H groups in total. The zero-order valence-corrected chi connectivity index (χ0v) is 12.3. The summed E-state index contributed by atoms with van der Waals surface area (Å²) in [7, 11) is 0. The summed E-state index contributed by atoms with van der Waals surface area (Å²) in [6.45, 7) is 0.137. The molecule has 2 aromatic rings. The number of carbonyl (C=O) groups is 1. The Kier molecular flexibility index (Phi) is 5.21. The largest absolute Gasteiger partial charge is 0.341 e. The Morgan fingerprint density at radius 1 is 1.14 bits per heavy atom. The van der Waals surface area contributed by atoms with Crippen molar-refractivity contribution in [1.82, 2.24) is 5.32 Å². The molecule has 0 saturated carbocycles. The molecule has 2 aromatic carbocycles. The summed E-state index contributed by atoms with van der Waals surface area (Å²) in [5.74, 6) is 4.74. The quantitative estimate of drug-likeness (QED) is 0.835. The Bertz CT molecular complexity index is 735. The fourth-order valence-electron chi connectivity index (χ4n) is 1.60. The first-order valence-electron chi connectivity index (χ1n) is 6.04. The fraction of sp³-hybridized carbons (Fsp3) is 0.0625. The Morgan fingerprint density at radius 3 is 2.62 bits per heavy atom. The Hall–Kier alpha value is -2.02. The van der Waals surface area contributed by atoms with Crippen molar-refractivity contribution in [1.29, 1.82) is 0 Å². The first-order valence-corrected chi connectivity index (χ1v) is 6.80. The van der Waals surface area contributed by atoms with Gasteiger partial charge in [0.2, 0.25) is 0 Å². The van der Waals surface area contributed by atoms with Gasteiger partial charge in [0.15, 0.2) is 0 Å². The van der Waals surface area contributed by atoms with E-state index >= 15 is 0 Å². The van der Waals surface area contributed by atoms with Crippen LogP contribution in [-0.2, 0) is 0 Å². The molecule has 106 valence electrons. The van der Waals surface area contributed by atoms with Gasteiger partial charge in [0.05, 0.1) is 22.2 Å². The van der Waals surface area contributed by atoms with Crippen molar-refractivity contribution >= 4 is 29.1 Å². The molecular weight excluding hydrogens is 312 g/mol. The standard InChI is InChI=1S/C16H10Cl2FNO/c17-14-6-2-1-4-11(14)5-3-9-20-16(21)13-8-7-12(19)10-15(13)18/h1-2,4,6-8,10H,9H2,(H,20,21). The third-order valence-corrected chi connectivity index (χ3v) is 3.25. The van der Waals surface area contributed by atoms with Gasteiger partial charge in [0.25, 0.3) is 5.91 Å². The highest BCUT2D eigenvalue weighted by molar-refractivity contribution is 6.33. The maximum absolute atomic E-state index is 12.9. The van der Waals surface area contributed by atoms with E-state index in [1.807, 2.05) is 12.1 Å². The second-order valence-electron chi connectivity index (χ2n) is 4.09. The van der Waals surface area contributed by atoms with Crippen LogP contribution in [0.15, 0.2) is 42.5 Å². The molecule has 0 saturated heterocycles. The molecular formula is C16H10Cl2FNO. The second-order valence-corrected chi connectivity index (χ2v) is 4.90. The summed E-state index contributed by atoms with van der Waals surface area (Å²) in [4.78, 5) is 11.8. The van der Waals surface area contributed by atoms with E-state index in [4.69, 9.17) is 23.2 Å². The van der Waals surface area contributed by atoms with Crippen LogP contribution in [0.4, 0.5) is 4.39 Å². The highest BCUT2D eigenvalue weighted by atomic mass is 35.5. The molecule has 0 fully saturated rings. The van der Waals surface area contributed by atoms with Gasteiger partial charge >= 0.3 is 0 Å². The van der Waals surface area contributed by atoms with Gasteiger partial charge in [0, 0.05) is 5.56 Å². The van der Waals surface area contributed by atoms with Gasteiger partial charge in [-0.05, 0) is 30.3 Å². The molecule has 0 spiro atoms. The van der Waals surface area contributed by atoms with E-state index in [9.17, 15) is 9.18 Å². The van der Waals surface area contributed by atoms with Crippen LogP contribution < -0.4 is 5.32 Å². The zero-order chi connectivity index (χ0) is 15.2. The summed E-state index contributed by atoms with van der Waals surface area (Å²) < 4.78 is 12.9. The minimum atomic E-state index is -0.491. The van der Waals surface area contributed by atoms with Gasteiger partial charge in [-0.3, -0.25) is 4.79 Å². The van der Waals surface area contributed by atoms with E-state index in [2.05, 4.69) is 17.2 Å². The summed E-state index contributed by atoms with van der Waals surface area (Å²) in [5, 5.41) is 3.20. The highest BCUT2D eigenvalue weighted by Gasteiger charge is 2.09. The van der Waals surface area contributed by atoms with E-state index in [-0.39, 0.29) is 17.1 Å². The first-order chi connectivity index (χ1) is 10.1. The highest BCUT2D eigenvalue weighted by Crippen LogP contribution is 2.17. The summed E-state index contributed by atoms with van der Waals surface area (Å²) >= 11 is 11.8. The third kappa shape index (κ3) is 4.22. The van der Waals surface area contributed by atoms with Crippen molar-refractivity contribution in [2.75, 3.05) is 6.54 Å². The summed E-state index contributed by atoms with van der Waals surface area (Å²) in [5.41, 5.74) is 0.894. The van der Waals surface area contributed by atoms with E-state index in [1.54, 1.807) is 12.1 Å². The molecule has 2 rings (SSSR count). The lowest BCUT2D eigenvalue weighted by Gasteiger charge is -2.03. The van der Waals surface area contributed by atoms with Crippen molar-refractivity contribution in [2.24, 2.45) is 0 Å². The Balaban J connectivity index is 1.98. The van der Waals surface area contributed by atoms with Crippen LogP contribution in [0.3, 0.4) is 0 Å². The monoisotopic (exact) mass is 321 g/mol. The number of rotatable bonds is 2. The topological polar surface area (TPSA) is 29.1 Å². The predicted molar refractivity (Wildman–Crippen MR) is 82.1 cm³/mol. The number of nitrogens with one attached hydrogen (secondary N) is 1. The van der Waals surface area contributed by atoms with E-state index < -0.39 is 11.7 Å². The third-order valence-electron chi connectivity index (χ3n) is 2.61. The van der Waals surface area contributed by atoms with Crippen LogP contribution >= 0.6 is 23.2 Å². The van der Waals surface area contributed by atoms with Gasteiger partial charge < -0.3 is 5.32 Å². The number of amides is 1. The average Bonchev–Trinajstić information content (AvgIpc) is 2.45. The fourth-order valence-corrected chi connectivity index (χ4v) is 2.03. The summed E-state index contributed by atoms with van der Waals surface area (Å²) in [6.07, 6.45) is 0.